The second-order valence-electron chi connectivity index (χ2n) is 3.91. The van der Waals surface area contributed by atoms with Crippen LogP contribution in [-0.2, 0) is 21.1 Å². The third kappa shape index (κ3) is 3.54. The van der Waals surface area contributed by atoms with Gasteiger partial charge in [-0.1, -0.05) is 13.0 Å². The first kappa shape index (κ1) is 15.2. The van der Waals surface area contributed by atoms with Crippen LogP contribution in [0.5, 0.6) is 0 Å². The van der Waals surface area contributed by atoms with Crippen LogP contribution in [0.2, 0.25) is 0 Å². The summed E-state index contributed by atoms with van der Waals surface area (Å²) >= 11 is 0. The van der Waals surface area contributed by atoms with Gasteiger partial charge >= 0.3 is 5.97 Å². The van der Waals surface area contributed by atoms with E-state index in [1.807, 2.05) is 0 Å². The second-order valence-corrected chi connectivity index (χ2v) is 5.90. The molecule has 0 saturated heterocycles. The van der Waals surface area contributed by atoms with Crippen LogP contribution < -0.4 is 5.32 Å². The van der Waals surface area contributed by atoms with Gasteiger partial charge in [-0.25, -0.2) is 13.2 Å². The monoisotopic (exact) mass is 285 g/mol. The van der Waals surface area contributed by atoms with E-state index in [2.05, 4.69) is 5.32 Å². The van der Waals surface area contributed by atoms with Crippen molar-refractivity contribution in [1.29, 1.82) is 0 Å². The van der Waals surface area contributed by atoms with Gasteiger partial charge in [-0.2, -0.15) is 0 Å². The van der Waals surface area contributed by atoms with Crippen molar-refractivity contribution in [3.63, 3.8) is 0 Å². The fourth-order valence-corrected chi connectivity index (χ4v) is 2.81. The molecule has 7 heteroatoms. The van der Waals surface area contributed by atoms with Gasteiger partial charge in [0.05, 0.1) is 10.5 Å². The molecule has 19 heavy (non-hydrogen) atoms. The first-order valence-electron chi connectivity index (χ1n) is 5.61. The topological polar surface area (TPSA) is 101 Å². The maximum Gasteiger partial charge on any atom is 0.336 e. The van der Waals surface area contributed by atoms with Gasteiger partial charge in [-0.05, 0) is 24.1 Å². The molecule has 2 N–H and O–H groups in total. The van der Waals surface area contributed by atoms with Crippen LogP contribution in [0.3, 0.4) is 0 Å². The maximum absolute atomic E-state index is 11.9. The summed E-state index contributed by atoms with van der Waals surface area (Å²) in [7, 11) is -2.49. The summed E-state index contributed by atoms with van der Waals surface area (Å²) in [4.78, 5) is 22.0. The number of aryl methyl sites for hydroxylation is 1. The van der Waals surface area contributed by atoms with Gasteiger partial charge in [0.15, 0.2) is 9.84 Å². The predicted molar refractivity (Wildman–Crippen MR) is 68.9 cm³/mol. The Morgan fingerprint density at radius 3 is 2.42 bits per heavy atom. The number of hydrogen-bond donors (Lipinski definition) is 2. The van der Waals surface area contributed by atoms with Crippen molar-refractivity contribution in [3.8, 4) is 0 Å². The minimum Gasteiger partial charge on any atom is -0.478 e. The van der Waals surface area contributed by atoms with Gasteiger partial charge < -0.3 is 10.4 Å². The van der Waals surface area contributed by atoms with E-state index < -0.39 is 27.5 Å². The lowest BCUT2D eigenvalue weighted by atomic mass is 10.1. The van der Waals surface area contributed by atoms with Gasteiger partial charge in [-0.3, -0.25) is 4.79 Å². The van der Waals surface area contributed by atoms with Crippen LogP contribution >= 0.6 is 0 Å². The Kier molecular flexibility index (Phi) is 4.66. The van der Waals surface area contributed by atoms with Crippen LogP contribution in [0, 0.1) is 0 Å². The predicted octanol–water partition coefficient (Wildman–Crippen LogP) is 0.467. The Balaban J connectivity index is 3.25. The first-order chi connectivity index (χ1) is 8.81. The molecule has 1 rings (SSSR count). The quantitative estimate of drug-likeness (QED) is 0.819. The fraction of sp³-hybridized carbons (Fsp3) is 0.333. The molecule has 1 aromatic rings. The van der Waals surface area contributed by atoms with E-state index in [-0.39, 0.29) is 10.5 Å². The standard InChI is InChI=1S/C12H15NO5S/c1-3-8-4-5-9(6-10(8)12(15)16)19(17,18)7-11(14)13-2/h4-6H,3,7H2,1-2H3,(H,13,14)(H,15,16). The molecule has 0 radical (unpaired) electrons. The molecule has 0 bridgehead atoms. The van der Waals surface area contributed by atoms with E-state index >= 15 is 0 Å². The van der Waals surface area contributed by atoms with Crippen LogP contribution in [0.1, 0.15) is 22.8 Å². The molecule has 0 aliphatic rings. The Morgan fingerprint density at radius 1 is 1.32 bits per heavy atom. The van der Waals surface area contributed by atoms with Gasteiger partial charge in [0.2, 0.25) is 5.91 Å². The van der Waals surface area contributed by atoms with E-state index in [0.29, 0.717) is 12.0 Å². The van der Waals surface area contributed by atoms with Gasteiger partial charge in [0, 0.05) is 7.05 Å². The Labute approximate surface area is 111 Å². The first-order valence-corrected chi connectivity index (χ1v) is 7.26. The molecule has 0 aliphatic heterocycles. The van der Waals surface area contributed by atoms with Crippen LogP contribution in [0.15, 0.2) is 23.1 Å². The highest BCUT2D eigenvalue weighted by atomic mass is 32.2. The molecule has 0 heterocycles. The van der Waals surface area contributed by atoms with Gasteiger partial charge in [0.1, 0.15) is 5.75 Å². The maximum atomic E-state index is 11.9. The average Bonchev–Trinajstić information content (AvgIpc) is 2.37. The highest BCUT2D eigenvalue weighted by Gasteiger charge is 2.21. The third-order valence-corrected chi connectivity index (χ3v) is 4.27. The summed E-state index contributed by atoms with van der Waals surface area (Å²) in [6, 6.07) is 3.88. The summed E-state index contributed by atoms with van der Waals surface area (Å²) in [5.74, 6) is -2.53. The van der Waals surface area contributed by atoms with E-state index in [4.69, 9.17) is 5.11 Å². The molecule has 104 valence electrons. The average molecular weight is 285 g/mol. The summed E-state index contributed by atoms with van der Waals surface area (Å²) in [6.07, 6.45) is 0.484. The van der Waals surface area contributed by atoms with E-state index in [9.17, 15) is 18.0 Å². The lowest BCUT2D eigenvalue weighted by molar-refractivity contribution is -0.118. The van der Waals surface area contributed by atoms with Crippen molar-refractivity contribution in [2.45, 2.75) is 18.2 Å². The minimum atomic E-state index is -3.83. The van der Waals surface area contributed by atoms with Crippen LogP contribution in [0.25, 0.3) is 0 Å². The summed E-state index contributed by atoms with van der Waals surface area (Å²) in [5, 5.41) is 11.3. The minimum absolute atomic E-state index is 0.0551. The number of amides is 1. The van der Waals surface area contributed by atoms with Crippen molar-refractivity contribution >= 4 is 21.7 Å². The number of carboxylic acid groups (broad SMARTS) is 1. The number of sulfone groups is 1. The normalized spacial score (nSPS) is 11.1. The fourth-order valence-electron chi connectivity index (χ4n) is 1.58. The van der Waals surface area contributed by atoms with Crippen molar-refractivity contribution < 1.29 is 23.1 Å². The van der Waals surface area contributed by atoms with Crippen molar-refractivity contribution in [2.24, 2.45) is 0 Å². The lowest BCUT2D eigenvalue weighted by Crippen LogP contribution is -2.27. The molecule has 0 unspecified atom stereocenters. The number of hydrogen-bond acceptors (Lipinski definition) is 4. The van der Waals surface area contributed by atoms with Crippen molar-refractivity contribution in [1.82, 2.24) is 5.32 Å². The zero-order chi connectivity index (χ0) is 14.6. The lowest BCUT2D eigenvalue weighted by Gasteiger charge is -2.08. The Hall–Kier alpha value is -1.89. The number of benzene rings is 1. The molecule has 0 saturated carbocycles. The highest BCUT2D eigenvalue weighted by molar-refractivity contribution is 7.92. The number of aromatic carboxylic acids is 1. The zero-order valence-corrected chi connectivity index (χ0v) is 11.5. The highest BCUT2D eigenvalue weighted by Crippen LogP contribution is 2.18. The molecule has 6 nitrogen and oxygen atoms in total. The van der Waals surface area contributed by atoms with Crippen LogP contribution in [-0.4, -0.2) is 38.2 Å². The molecular formula is C12H15NO5S. The Bertz CT molecular complexity index is 607. The molecule has 0 spiro atoms. The molecule has 0 aliphatic carbocycles. The second kappa shape index (κ2) is 5.83. The van der Waals surface area contributed by atoms with Gasteiger partial charge in [-0.15, -0.1) is 0 Å². The summed E-state index contributed by atoms with van der Waals surface area (Å²) in [6.45, 7) is 1.78. The Morgan fingerprint density at radius 2 is 1.95 bits per heavy atom. The SMILES string of the molecule is CCc1ccc(S(=O)(=O)CC(=O)NC)cc1C(=O)O. The number of carbonyl (C=O) groups excluding carboxylic acids is 1. The number of carbonyl (C=O) groups is 2. The molecular weight excluding hydrogens is 270 g/mol. The van der Waals surface area contributed by atoms with E-state index in [1.54, 1.807) is 6.92 Å². The van der Waals surface area contributed by atoms with Crippen molar-refractivity contribution in [3.05, 3.63) is 29.3 Å². The number of rotatable bonds is 5. The van der Waals surface area contributed by atoms with E-state index in [0.717, 1.165) is 6.07 Å². The largest absolute Gasteiger partial charge is 0.478 e. The molecule has 0 atom stereocenters. The summed E-state index contributed by atoms with van der Waals surface area (Å²) in [5.41, 5.74) is 0.492. The summed E-state index contributed by atoms with van der Waals surface area (Å²) < 4.78 is 23.8. The van der Waals surface area contributed by atoms with Gasteiger partial charge in [0.25, 0.3) is 0 Å². The number of carboxylic acids is 1. The zero-order valence-electron chi connectivity index (χ0n) is 10.6. The third-order valence-electron chi connectivity index (χ3n) is 2.65. The molecule has 0 fully saturated rings. The smallest absolute Gasteiger partial charge is 0.336 e. The van der Waals surface area contributed by atoms with E-state index in [1.165, 1.54) is 19.2 Å². The molecule has 0 aromatic heterocycles. The number of nitrogens with one attached hydrogen (secondary N) is 1. The van der Waals surface area contributed by atoms with Crippen molar-refractivity contribution in [2.75, 3.05) is 12.8 Å². The molecule has 1 aromatic carbocycles. The van der Waals surface area contributed by atoms with Crippen LogP contribution in [0.4, 0.5) is 0 Å². The molecule has 1 amide bonds.